The number of hydrogen-bond acceptors (Lipinski definition) is 5. The van der Waals surface area contributed by atoms with Gasteiger partial charge in [-0.3, -0.25) is 4.79 Å². The summed E-state index contributed by atoms with van der Waals surface area (Å²) in [4.78, 5) is 25.2. The van der Waals surface area contributed by atoms with Crippen molar-refractivity contribution < 1.29 is 28.9 Å². The van der Waals surface area contributed by atoms with E-state index in [0.29, 0.717) is 17.9 Å². The summed E-state index contributed by atoms with van der Waals surface area (Å²) in [6.07, 6.45) is 12.6. The molecule has 1 aliphatic heterocycles. The van der Waals surface area contributed by atoms with E-state index < -0.39 is 23.5 Å². The van der Waals surface area contributed by atoms with Crippen LogP contribution in [0.3, 0.4) is 0 Å². The first-order valence-corrected chi connectivity index (χ1v) is 11.7. The van der Waals surface area contributed by atoms with E-state index in [0.717, 1.165) is 23.6 Å². The number of hydrogen-bond donors (Lipinski definition) is 2. The molecule has 1 aliphatic carbocycles. The van der Waals surface area contributed by atoms with Gasteiger partial charge in [-0.1, -0.05) is 61.1 Å². The number of aliphatic carboxylic acids is 1. The van der Waals surface area contributed by atoms with Crippen LogP contribution in [0.5, 0.6) is 5.75 Å². The first-order valence-electron chi connectivity index (χ1n) is 11.7. The van der Waals surface area contributed by atoms with Crippen LogP contribution in [0.4, 0.5) is 0 Å². The van der Waals surface area contributed by atoms with Gasteiger partial charge in [0.05, 0.1) is 5.56 Å². The molecular formula is C28H29NO6. The fraction of sp³-hybridized carbons (Fsp3) is 0.286. The Labute approximate surface area is 204 Å². The highest BCUT2D eigenvalue weighted by Crippen LogP contribution is 2.34. The topological polar surface area (TPSA) is 94.1 Å². The van der Waals surface area contributed by atoms with Gasteiger partial charge in [-0.25, -0.2) is 4.79 Å². The summed E-state index contributed by atoms with van der Waals surface area (Å²) in [6, 6.07) is 11.1. The van der Waals surface area contributed by atoms with E-state index in [1.165, 1.54) is 31.3 Å². The Hall–Kier alpha value is -4.00. The molecule has 0 spiro atoms. The first kappa shape index (κ1) is 24.1. The average Bonchev–Trinajstić information content (AvgIpc) is 2.89. The minimum absolute atomic E-state index is 0.229. The Balaban J connectivity index is 1.75. The molecule has 2 aromatic carbocycles. The standard InChI is InChI=1S/C28H29NO6/c1-3-28(2,27(31)32)29-26(30)22-14-13-20-11-7-8-12-21(20)25(22)35-23(24-18-33-15-16-34-24)17-19-9-5-4-6-10-19/h4-5,7-9,11-16,18,23H,3,6,10,17H2,1-2H3,(H,29,30)(H,31,32). The lowest BCUT2D eigenvalue weighted by Gasteiger charge is -2.27. The SMILES string of the molecule is CCC(C)(NC(=O)c1ccc2ccccc2c1OC(CC1=CC=CCC1)C1=COC=CO1)C(=O)O. The summed E-state index contributed by atoms with van der Waals surface area (Å²) in [5, 5.41) is 14.0. The fourth-order valence-corrected chi connectivity index (χ4v) is 3.99. The summed E-state index contributed by atoms with van der Waals surface area (Å²) in [6.45, 7) is 3.21. The van der Waals surface area contributed by atoms with Crippen LogP contribution >= 0.6 is 0 Å². The highest BCUT2D eigenvalue weighted by Gasteiger charge is 2.34. The van der Waals surface area contributed by atoms with Gasteiger partial charge in [0.1, 0.15) is 30.1 Å². The van der Waals surface area contributed by atoms with E-state index in [2.05, 4.69) is 17.5 Å². The zero-order valence-electron chi connectivity index (χ0n) is 19.8. The zero-order valence-corrected chi connectivity index (χ0v) is 19.8. The van der Waals surface area contributed by atoms with Gasteiger partial charge in [0.25, 0.3) is 5.91 Å². The molecule has 2 aliphatic rings. The molecule has 7 heteroatoms. The maximum absolute atomic E-state index is 13.4. The number of carboxylic acids is 1. The molecule has 35 heavy (non-hydrogen) atoms. The second-order valence-electron chi connectivity index (χ2n) is 8.76. The number of amides is 1. The second kappa shape index (κ2) is 10.5. The molecule has 2 unspecified atom stereocenters. The van der Waals surface area contributed by atoms with Crippen molar-refractivity contribution in [1.29, 1.82) is 0 Å². The minimum atomic E-state index is -1.41. The van der Waals surface area contributed by atoms with E-state index in [1.54, 1.807) is 13.0 Å². The van der Waals surface area contributed by atoms with Crippen molar-refractivity contribution in [1.82, 2.24) is 5.32 Å². The molecule has 1 amide bonds. The summed E-state index contributed by atoms with van der Waals surface area (Å²) >= 11 is 0. The number of allylic oxidation sites excluding steroid dienone is 3. The third-order valence-corrected chi connectivity index (χ3v) is 6.34. The van der Waals surface area contributed by atoms with Crippen LogP contribution < -0.4 is 10.1 Å². The first-order chi connectivity index (χ1) is 16.9. The highest BCUT2D eigenvalue weighted by molar-refractivity contribution is 6.05. The molecule has 0 saturated heterocycles. The monoisotopic (exact) mass is 475 g/mol. The molecule has 1 heterocycles. The van der Waals surface area contributed by atoms with E-state index in [9.17, 15) is 14.7 Å². The van der Waals surface area contributed by atoms with E-state index >= 15 is 0 Å². The van der Waals surface area contributed by atoms with Gasteiger partial charge in [-0.15, -0.1) is 0 Å². The van der Waals surface area contributed by atoms with Gasteiger partial charge in [-0.2, -0.15) is 0 Å². The van der Waals surface area contributed by atoms with Crippen molar-refractivity contribution in [3.63, 3.8) is 0 Å². The molecule has 7 nitrogen and oxygen atoms in total. The Morgan fingerprint density at radius 3 is 2.71 bits per heavy atom. The molecule has 2 N–H and O–H groups in total. The number of carbonyl (C=O) groups is 2. The summed E-state index contributed by atoms with van der Waals surface area (Å²) in [5.74, 6) is -0.783. The van der Waals surface area contributed by atoms with Gasteiger partial charge in [0, 0.05) is 11.8 Å². The molecule has 0 saturated carbocycles. The van der Waals surface area contributed by atoms with Crippen molar-refractivity contribution in [2.45, 2.75) is 51.2 Å². The van der Waals surface area contributed by atoms with Crippen molar-refractivity contribution in [2.75, 3.05) is 0 Å². The third-order valence-electron chi connectivity index (χ3n) is 6.34. The van der Waals surface area contributed by atoms with Crippen LogP contribution in [0.15, 0.2) is 84.7 Å². The maximum atomic E-state index is 13.4. The number of fused-ring (bicyclic) bond motifs is 1. The van der Waals surface area contributed by atoms with Gasteiger partial charge < -0.3 is 24.6 Å². The minimum Gasteiger partial charge on any atom is -0.481 e. The Morgan fingerprint density at radius 2 is 2.03 bits per heavy atom. The lowest BCUT2D eigenvalue weighted by atomic mass is 9.97. The molecule has 2 aromatic rings. The van der Waals surface area contributed by atoms with Crippen LogP contribution in [0.25, 0.3) is 10.8 Å². The predicted molar refractivity (Wildman–Crippen MR) is 133 cm³/mol. The van der Waals surface area contributed by atoms with Crippen molar-refractivity contribution >= 4 is 22.6 Å². The molecule has 0 aromatic heterocycles. The zero-order chi connectivity index (χ0) is 24.8. The molecule has 0 fully saturated rings. The van der Waals surface area contributed by atoms with Crippen LogP contribution in [0, 0.1) is 0 Å². The number of benzene rings is 2. The average molecular weight is 476 g/mol. The van der Waals surface area contributed by atoms with Gasteiger partial charge in [-0.05, 0) is 37.6 Å². The van der Waals surface area contributed by atoms with Crippen LogP contribution in [0.1, 0.15) is 49.9 Å². The summed E-state index contributed by atoms with van der Waals surface area (Å²) < 4.78 is 17.6. The number of rotatable bonds is 9. The molecular weight excluding hydrogens is 446 g/mol. The highest BCUT2D eigenvalue weighted by atomic mass is 16.6. The maximum Gasteiger partial charge on any atom is 0.329 e. The smallest absolute Gasteiger partial charge is 0.329 e. The molecule has 4 rings (SSSR count). The lowest BCUT2D eigenvalue weighted by Crippen LogP contribution is -2.51. The van der Waals surface area contributed by atoms with Crippen molar-refractivity contribution in [3.8, 4) is 5.75 Å². The van der Waals surface area contributed by atoms with E-state index in [1.807, 2.05) is 36.4 Å². The van der Waals surface area contributed by atoms with E-state index in [-0.39, 0.29) is 12.0 Å². The number of carbonyl (C=O) groups excluding carboxylic acids is 1. The molecule has 2 atom stereocenters. The fourth-order valence-electron chi connectivity index (χ4n) is 3.99. The van der Waals surface area contributed by atoms with Gasteiger partial charge in [0.15, 0.2) is 11.9 Å². The predicted octanol–water partition coefficient (Wildman–Crippen LogP) is 5.60. The Bertz CT molecular complexity index is 1240. The normalized spacial score (nSPS) is 17.3. The number of nitrogens with one attached hydrogen (secondary N) is 1. The molecule has 0 bridgehead atoms. The molecule has 0 radical (unpaired) electrons. The van der Waals surface area contributed by atoms with Crippen LogP contribution in [-0.4, -0.2) is 28.6 Å². The van der Waals surface area contributed by atoms with E-state index in [4.69, 9.17) is 14.2 Å². The van der Waals surface area contributed by atoms with Crippen LogP contribution in [0.2, 0.25) is 0 Å². The third kappa shape index (κ3) is 5.40. The van der Waals surface area contributed by atoms with Gasteiger partial charge in [0.2, 0.25) is 0 Å². The second-order valence-corrected chi connectivity index (χ2v) is 8.76. The van der Waals surface area contributed by atoms with Crippen molar-refractivity contribution in [2.24, 2.45) is 0 Å². The summed E-state index contributed by atoms with van der Waals surface area (Å²) in [5.41, 5.74) is 0.0268. The molecule has 182 valence electrons. The van der Waals surface area contributed by atoms with Crippen molar-refractivity contribution in [3.05, 3.63) is 90.3 Å². The summed E-state index contributed by atoms with van der Waals surface area (Å²) in [7, 11) is 0. The quantitative estimate of drug-likeness (QED) is 0.491. The van der Waals surface area contributed by atoms with Crippen LogP contribution in [-0.2, 0) is 14.3 Å². The lowest BCUT2D eigenvalue weighted by molar-refractivity contribution is -0.143. The number of carboxylic acid groups (broad SMARTS) is 1. The largest absolute Gasteiger partial charge is 0.481 e. The Kier molecular flexibility index (Phi) is 7.25. The van der Waals surface area contributed by atoms with Gasteiger partial charge >= 0.3 is 5.97 Å². The Morgan fingerprint density at radius 1 is 1.20 bits per heavy atom. The number of ether oxygens (including phenoxy) is 3.